The molecule has 0 saturated carbocycles. The van der Waals surface area contributed by atoms with Crippen LogP contribution in [-0.4, -0.2) is 19.8 Å². The predicted molar refractivity (Wildman–Crippen MR) is 54.7 cm³/mol. The molecule has 1 unspecified atom stereocenters. The molecule has 1 atom stereocenters. The Morgan fingerprint density at radius 2 is 2.36 bits per heavy atom. The van der Waals surface area contributed by atoms with Crippen LogP contribution in [0.4, 0.5) is 10.1 Å². The zero-order valence-corrected chi connectivity index (χ0v) is 8.22. The van der Waals surface area contributed by atoms with E-state index in [0.29, 0.717) is 19.4 Å². The number of para-hydroxylation sites is 1. The van der Waals surface area contributed by atoms with Crippen molar-refractivity contribution in [2.24, 2.45) is 0 Å². The Kier molecular flexibility index (Phi) is 2.57. The topological polar surface area (TPSA) is 21.3 Å². The standard InChI is InChI=1S/C11H14FNO/c1-14-10-4-2-3-8-7-9(12)5-6-13-11(8)10/h2-4,9,13H,5-7H2,1H3. The lowest BCUT2D eigenvalue weighted by atomic mass is 10.1. The number of hydrogen-bond acceptors (Lipinski definition) is 2. The van der Waals surface area contributed by atoms with Gasteiger partial charge in [-0.15, -0.1) is 0 Å². The average molecular weight is 195 g/mol. The third-order valence-corrected chi connectivity index (χ3v) is 2.53. The van der Waals surface area contributed by atoms with Gasteiger partial charge in [0.15, 0.2) is 0 Å². The van der Waals surface area contributed by atoms with Crippen molar-refractivity contribution < 1.29 is 9.13 Å². The van der Waals surface area contributed by atoms with E-state index in [-0.39, 0.29) is 0 Å². The Morgan fingerprint density at radius 1 is 1.50 bits per heavy atom. The molecule has 1 heterocycles. The van der Waals surface area contributed by atoms with E-state index in [2.05, 4.69) is 5.32 Å². The molecule has 1 aliphatic heterocycles. The van der Waals surface area contributed by atoms with Gasteiger partial charge >= 0.3 is 0 Å². The van der Waals surface area contributed by atoms with Crippen LogP contribution in [0.15, 0.2) is 18.2 Å². The molecule has 2 rings (SSSR count). The van der Waals surface area contributed by atoms with Gasteiger partial charge < -0.3 is 10.1 Å². The molecule has 1 N–H and O–H groups in total. The maximum atomic E-state index is 13.3. The predicted octanol–water partition coefficient (Wildman–Crippen LogP) is 2.39. The molecule has 0 bridgehead atoms. The Balaban J connectivity index is 2.38. The largest absolute Gasteiger partial charge is 0.495 e. The lowest BCUT2D eigenvalue weighted by molar-refractivity contribution is 0.322. The zero-order valence-electron chi connectivity index (χ0n) is 8.22. The quantitative estimate of drug-likeness (QED) is 0.743. The van der Waals surface area contributed by atoms with Crippen LogP contribution in [0, 0.1) is 0 Å². The van der Waals surface area contributed by atoms with Gasteiger partial charge in [0, 0.05) is 13.0 Å². The second-order valence-corrected chi connectivity index (χ2v) is 3.51. The first kappa shape index (κ1) is 9.31. The average Bonchev–Trinajstić information content (AvgIpc) is 2.37. The molecule has 14 heavy (non-hydrogen) atoms. The van der Waals surface area contributed by atoms with Gasteiger partial charge in [-0.25, -0.2) is 4.39 Å². The normalized spacial score (nSPS) is 20.6. The second kappa shape index (κ2) is 3.86. The third kappa shape index (κ3) is 1.67. The fourth-order valence-corrected chi connectivity index (χ4v) is 1.81. The SMILES string of the molecule is COc1cccc2c1NCCC(F)C2. The summed E-state index contributed by atoms with van der Waals surface area (Å²) in [6.07, 6.45) is 0.313. The molecule has 2 nitrogen and oxygen atoms in total. The molecule has 3 heteroatoms. The first-order valence-corrected chi connectivity index (χ1v) is 4.85. The lowest BCUT2D eigenvalue weighted by Gasteiger charge is -2.11. The van der Waals surface area contributed by atoms with Crippen LogP contribution < -0.4 is 10.1 Å². The number of rotatable bonds is 1. The highest BCUT2D eigenvalue weighted by Crippen LogP contribution is 2.31. The molecule has 76 valence electrons. The minimum Gasteiger partial charge on any atom is -0.495 e. The van der Waals surface area contributed by atoms with Gasteiger partial charge in [-0.3, -0.25) is 0 Å². The van der Waals surface area contributed by atoms with Gasteiger partial charge in [-0.1, -0.05) is 12.1 Å². The first-order valence-electron chi connectivity index (χ1n) is 4.85. The summed E-state index contributed by atoms with van der Waals surface area (Å²) < 4.78 is 18.5. The van der Waals surface area contributed by atoms with Crippen LogP contribution in [0.3, 0.4) is 0 Å². The van der Waals surface area contributed by atoms with Gasteiger partial charge in [0.05, 0.1) is 12.8 Å². The Morgan fingerprint density at radius 3 is 3.14 bits per heavy atom. The summed E-state index contributed by atoms with van der Waals surface area (Å²) in [5, 5.41) is 3.21. The third-order valence-electron chi connectivity index (χ3n) is 2.53. The maximum Gasteiger partial charge on any atom is 0.142 e. The highest BCUT2D eigenvalue weighted by atomic mass is 19.1. The van der Waals surface area contributed by atoms with E-state index in [4.69, 9.17) is 4.74 Å². The second-order valence-electron chi connectivity index (χ2n) is 3.51. The molecule has 1 aliphatic rings. The summed E-state index contributed by atoms with van der Waals surface area (Å²) in [6, 6.07) is 5.74. The van der Waals surface area contributed by atoms with Gasteiger partial charge in [-0.2, -0.15) is 0 Å². The molecule has 0 fully saturated rings. The molecule has 0 aromatic heterocycles. The van der Waals surface area contributed by atoms with E-state index in [0.717, 1.165) is 17.0 Å². The first-order chi connectivity index (χ1) is 6.81. The summed E-state index contributed by atoms with van der Waals surface area (Å²) in [5.41, 5.74) is 1.96. The van der Waals surface area contributed by atoms with Gasteiger partial charge in [0.2, 0.25) is 0 Å². The van der Waals surface area contributed by atoms with Crippen molar-refractivity contribution in [3.05, 3.63) is 23.8 Å². The monoisotopic (exact) mass is 195 g/mol. The molecule has 1 aromatic rings. The summed E-state index contributed by atoms with van der Waals surface area (Å²) in [6.45, 7) is 0.675. The molecular formula is C11H14FNO. The van der Waals surface area contributed by atoms with E-state index in [1.807, 2.05) is 18.2 Å². The maximum absolute atomic E-state index is 13.3. The fraction of sp³-hybridized carbons (Fsp3) is 0.455. The number of nitrogens with one attached hydrogen (secondary N) is 1. The van der Waals surface area contributed by atoms with Crippen LogP contribution in [0.5, 0.6) is 5.75 Å². The van der Waals surface area contributed by atoms with Gasteiger partial charge in [0.1, 0.15) is 11.9 Å². The highest BCUT2D eigenvalue weighted by molar-refractivity contribution is 5.62. The summed E-state index contributed by atoms with van der Waals surface area (Å²) in [5.74, 6) is 0.802. The van der Waals surface area contributed by atoms with Gasteiger partial charge in [-0.05, 0) is 18.1 Å². The zero-order chi connectivity index (χ0) is 9.97. The summed E-state index contributed by atoms with van der Waals surface area (Å²) in [4.78, 5) is 0. The van der Waals surface area contributed by atoms with Crippen LogP contribution in [-0.2, 0) is 6.42 Å². The molecular weight excluding hydrogens is 181 g/mol. The number of halogens is 1. The lowest BCUT2D eigenvalue weighted by Crippen LogP contribution is -2.05. The van der Waals surface area contributed by atoms with Crippen molar-refractivity contribution in [3.8, 4) is 5.75 Å². The van der Waals surface area contributed by atoms with E-state index in [9.17, 15) is 4.39 Å². The summed E-state index contributed by atoms with van der Waals surface area (Å²) in [7, 11) is 1.63. The van der Waals surface area contributed by atoms with Crippen molar-refractivity contribution in [2.75, 3.05) is 19.0 Å². The molecule has 0 spiro atoms. The van der Waals surface area contributed by atoms with E-state index in [1.165, 1.54) is 0 Å². The highest BCUT2D eigenvalue weighted by Gasteiger charge is 2.17. The van der Waals surface area contributed by atoms with Crippen molar-refractivity contribution in [2.45, 2.75) is 19.0 Å². The van der Waals surface area contributed by atoms with Crippen molar-refractivity contribution in [1.82, 2.24) is 0 Å². The fourth-order valence-electron chi connectivity index (χ4n) is 1.81. The number of anilines is 1. The number of benzene rings is 1. The Labute approximate surface area is 83.1 Å². The van der Waals surface area contributed by atoms with Gasteiger partial charge in [0.25, 0.3) is 0 Å². The molecule has 0 radical (unpaired) electrons. The van der Waals surface area contributed by atoms with Crippen LogP contribution in [0.1, 0.15) is 12.0 Å². The van der Waals surface area contributed by atoms with Crippen molar-refractivity contribution >= 4 is 5.69 Å². The number of fused-ring (bicyclic) bond motifs is 1. The number of hydrogen-bond donors (Lipinski definition) is 1. The molecule has 0 aliphatic carbocycles. The van der Waals surface area contributed by atoms with E-state index >= 15 is 0 Å². The van der Waals surface area contributed by atoms with E-state index in [1.54, 1.807) is 7.11 Å². The summed E-state index contributed by atoms with van der Waals surface area (Å²) >= 11 is 0. The van der Waals surface area contributed by atoms with Crippen molar-refractivity contribution in [1.29, 1.82) is 0 Å². The number of alkyl halides is 1. The minimum atomic E-state index is -0.740. The van der Waals surface area contributed by atoms with Crippen LogP contribution in [0.2, 0.25) is 0 Å². The van der Waals surface area contributed by atoms with Crippen molar-refractivity contribution in [3.63, 3.8) is 0 Å². The van der Waals surface area contributed by atoms with Crippen LogP contribution >= 0.6 is 0 Å². The van der Waals surface area contributed by atoms with Crippen LogP contribution in [0.25, 0.3) is 0 Å². The molecule has 0 amide bonds. The van der Waals surface area contributed by atoms with E-state index < -0.39 is 6.17 Å². The Bertz CT molecular complexity index is 327. The number of methoxy groups -OCH3 is 1. The Hall–Kier alpha value is -1.25. The number of ether oxygens (including phenoxy) is 1. The smallest absolute Gasteiger partial charge is 0.142 e. The minimum absolute atomic E-state index is 0.486. The molecule has 1 aromatic carbocycles. The molecule has 0 saturated heterocycles.